The molecule has 0 spiro atoms. The van der Waals surface area contributed by atoms with E-state index in [-0.39, 0.29) is 0 Å². The first kappa shape index (κ1) is 28.8. The monoisotopic (exact) mass is 423 g/mol. The second kappa shape index (κ2) is 27.8. The van der Waals surface area contributed by atoms with Crippen LogP contribution < -0.4 is 0 Å². The van der Waals surface area contributed by atoms with E-state index >= 15 is 0 Å². The van der Waals surface area contributed by atoms with Crippen molar-refractivity contribution in [3.05, 3.63) is 0 Å². The van der Waals surface area contributed by atoms with Crippen LogP contribution in [0, 0.1) is 10.7 Å². The fourth-order valence-electron chi connectivity index (χ4n) is 4.18. The van der Waals surface area contributed by atoms with Gasteiger partial charge in [0.05, 0.1) is 0 Å². The first-order chi connectivity index (χ1) is 14.4. The number of nitriles is 1. The van der Waals surface area contributed by atoms with E-state index in [0.29, 0.717) is 0 Å². The van der Waals surface area contributed by atoms with Crippen LogP contribution in [0.4, 0.5) is 0 Å². The molecule has 0 N–H and O–H groups in total. The van der Waals surface area contributed by atoms with Gasteiger partial charge in [-0.2, -0.15) is 5.26 Å². The zero-order valence-electron chi connectivity index (χ0n) is 20.0. The summed E-state index contributed by atoms with van der Waals surface area (Å²) in [4.78, 5) is 0. The highest BCUT2D eigenvalue weighted by atomic mass is 32.2. The number of hydrogen-bond acceptors (Lipinski definition) is 2. The average molecular weight is 424 g/mol. The summed E-state index contributed by atoms with van der Waals surface area (Å²) in [6.07, 6.45) is 34.5. The van der Waals surface area contributed by atoms with Gasteiger partial charge in [-0.3, -0.25) is 0 Å². The van der Waals surface area contributed by atoms with Crippen molar-refractivity contribution in [2.75, 3.05) is 5.75 Å². The first-order valence-corrected chi connectivity index (χ1v) is 14.4. The predicted octanol–water partition coefficient (Wildman–Crippen LogP) is 10.6. The Balaban J connectivity index is 2.98. The van der Waals surface area contributed by atoms with Crippen molar-refractivity contribution in [2.45, 2.75) is 161 Å². The van der Waals surface area contributed by atoms with Crippen LogP contribution in [0.25, 0.3) is 0 Å². The maximum atomic E-state index is 8.46. The van der Waals surface area contributed by atoms with E-state index in [1.54, 1.807) is 0 Å². The Hall–Kier alpha value is -0.160. The van der Waals surface area contributed by atoms with Crippen LogP contribution in [0.5, 0.6) is 0 Å². The van der Waals surface area contributed by atoms with E-state index in [1.807, 2.05) is 0 Å². The summed E-state index contributed by atoms with van der Waals surface area (Å²) in [5, 5.41) is 10.6. The van der Waals surface area contributed by atoms with Gasteiger partial charge in [0.2, 0.25) is 0 Å². The lowest BCUT2D eigenvalue weighted by molar-refractivity contribution is 0.518. The van der Waals surface area contributed by atoms with Crippen molar-refractivity contribution in [1.82, 2.24) is 0 Å². The molecular weight excluding hydrogens is 370 g/mol. The van der Waals surface area contributed by atoms with Crippen LogP contribution in [0.3, 0.4) is 0 Å². The van der Waals surface area contributed by atoms with Crippen molar-refractivity contribution < 1.29 is 0 Å². The van der Waals surface area contributed by atoms with Crippen LogP contribution in [-0.2, 0) is 0 Å². The third-order valence-corrected chi connectivity index (χ3v) is 6.79. The third kappa shape index (κ3) is 27.8. The molecule has 1 nitrogen and oxygen atoms in total. The standard InChI is InChI=1S/C27H53NS/c1-2-3-4-5-6-7-8-9-10-11-12-13-14-15-16-17-18-19-20-21-22-23-24-25-26-29-27-28/h2-26H2,1H3. The summed E-state index contributed by atoms with van der Waals surface area (Å²) in [6.45, 7) is 2.30. The predicted molar refractivity (Wildman–Crippen MR) is 135 cm³/mol. The second-order valence-corrected chi connectivity index (χ2v) is 9.95. The van der Waals surface area contributed by atoms with Gasteiger partial charge in [-0.05, 0) is 18.2 Å². The fourth-order valence-corrected chi connectivity index (χ4v) is 4.62. The molecular formula is C27H53NS. The summed E-state index contributed by atoms with van der Waals surface area (Å²) < 4.78 is 0. The normalized spacial score (nSPS) is 11.0. The molecule has 0 atom stereocenters. The highest BCUT2D eigenvalue weighted by Gasteiger charge is 1.96. The zero-order valence-corrected chi connectivity index (χ0v) is 20.8. The lowest BCUT2D eigenvalue weighted by Gasteiger charge is -2.04. The van der Waals surface area contributed by atoms with Gasteiger partial charge >= 0.3 is 0 Å². The second-order valence-electron chi connectivity index (χ2n) is 9.07. The van der Waals surface area contributed by atoms with Crippen molar-refractivity contribution in [2.24, 2.45) is 0 Å². The molecule has 29 heavy (non-hydrogen) atoms. The Morgan fingerprint density at radius 2 is 0.655 bits per heavy atom. The lowest BCUT2D eigenvalue weighted by atomic mass is 10.0. The molecule has 0 aliphatic heterocycles. The third-order valence-electron chi connectivity index (χ3n) is 6.16. The Kier molecular flexibility index (Phi) is 27.7. The highest BCUT2D eigenvalue weighted by Crippen LogP contribution is 2.15. The van der Waals surface area contributed by atoms with Gasteiger partial charge in [0.15, 0.2) is 0 Å². The van der Waals surface area contributed by atoms with Crippen LogP contribution >= 0.6 is 11.8 Å². The van der Waals surface area contributed by atoms with Gasteiger partial charge in [0, 0.05) is 5.75 Å². The van der Waals surface area contributed by atoms with Gasteiger partial charge in [-0.1, -0.05) is 155 Å². The Bertz CT molecular complexity index is 323. The molecule has 0 saturated heterocycles. The van der Waals surface area contributed by atoms with Crippen LogP contribution in [0.1, 0.15) is 161 Å². The molecule has 0 aliphatic rings. The van der Waals surface area contributed by atoms with Gasteiger partial charge in [0.1, 0.15) is 5.40 Å². The quantitative estimate of drug-likeness (QED) is 0.108. The minimum atomic E-state index is 1.02. The van der Waals surface area contributed by atoms with Gasteiger partial charge < -0.3 is 0 Å². The molecule has 172 valence electrons. The molecule has 2 heteroatoms. The largest absolute Gasteiger partial charge is 0.185 e. The highest BCUT2D eigenvalue weighted by molar-refractivity contribution is 8.03. The smallest absolute Gasteiger partial charge is 0.133 e. The number of rotatable bonds is 25. The average Bonchev–Trinajstić information content (AvgIpc) is 2.74. The SMILES string of the molecule is CCCCCCCCCCCCCCCCCCCCCCCCCCSC#N. The summed E-state index contributed by atoms with van der Waals surface area (Å²) >= 11 is 1.41. The van der Waals surface area contributed by atoms with E-state index in [4.69, 9.17) is 5.26 Å². The van der Waals surface area contributed by atoms with Crippen LogP contribution in [0.15, 0.2) is 0 Å². The minimum Gasteiger partial charge on any atom is -0.185 e. The zero-order chi connectivity index (χ0) is 21.1. The first-order valence-electron chi connectivity index (χ1n) is 13.4. The summed E-state index contributed by atoms with van der Waals surface area (Å²) in [5.74, 6) is 1.02. The van der Waals surface area contributed by atoms with Gasteiger partial charge in [-0.15, -0.1) is 0 Å². The number of nitrogens with zero attached hydrogens (tertiary/aromatic N) is 1. The van der Waals surface area contributed by atoms with E-state index < -0.39 is 0 Å². The topological polar surface area (TPSA) is 23.8 Å². The lowest BCUT2D eigenvalue weighted by Crippen LogP contribution is -1.85. The van der Waals surface area contributed by atoms with E-state index in [0.717, 1.165) is 5.75 Å². The number of thiocyanates is 1. The molecule has 0 unspecified atom stereocenters. The molecule has 0 amide bonds. The van der Waals surface area contributed by atoms with Gasteiger partial charge in [0.25, 0.3) is 0 Å². The molecule has 0 heterocycles. The molecule has 0 aromatic heterocycles. The minimum absolute atomic E-state index is 1.02. The van der Waals surface area contributed by atoms with Crippen molar-refractivity contribution in [3.63, 3.8) is 0 Å². The van der Waals surface area contributed by atoms with Crippen molar-refractivity contribution >= 4 is 11.8 Å². The molecule has 0 fully saturated rings. The molecule has 0 bridgehead atoms. The number of hydrogen-bond donors (Lipinski definition) is 0. The maximum Gasteiger partial charge on any atom is 0.133 e. The number of thioether (sulfide) groups is 1. The van der Waals surface area contributed by atoms with Crippen molar-refractivity contribution in [1.29, 1.82) is 5.26 Å². The summed E-state index contributed by atoms with van der Waals surface area (Å²) in [6, 6.07) is 0. The summed E-state index contributed by atoms with van der Waals surface area (Å²) in [7, 11) is 0. The molecule has 0 aromatic carbocycles. The van der Waals surface area contributed by atoms with E-state index in [1.165, 1.54) is 166 Å². The van der Waals surface area contributed by atoms with Gasteiger partial charge in [-0.25, -0.2) is 0 Å². The molecule has 0 aromatic rings. The summed E-state index contributed by atoms with van der Waals surface area (Å²) in [5.41, 5.74) is 0. The molecule has 0 aliphatic carbocycles. The fraction of sp³-hybridized carbons (Fsp3) is 0.963. The Morgan fingerprint density at radius 1 is 0.414 bits per heavy atom. The number of unbranched alkanes of at least 4 members (excludes halogenated alkanes) is 23. The molecule has 0 radical (unpaired) electrons. The van der Waals surface area contributed by atoms with E-state index in [2.05, 4.69) is 12.3 Å². The van der Waals surface area contributed by atoms with Crippen LogP contribution in [0.2, 0.25) is 0 Å². The van der Waals surface area contributed by atoms with Crippen molar-refractivity contribution in [3.8, 4) is 5.40 Å². The molecule has 0 rings (SSSR count). The Labute approximate surface area is 189 Å². The molecule has 0 saturated carbocycles. The van der Waals surface area contributed by atoms with E-state index in [9.17, 15) is 0 Å². The Morgan fingerprint density at radius 3 is 0.897 bits per heavy atom. The van der Waals surface area contributed by atoms with Crippen LogP contribution in [-0.4, -0.2) is 5.75 Å². The maximum absolute atomic E-state index is 8.46.